The van der Waals surface area contributed by atoms with Gasteiger partial charge in [0.25, 0.3) is 0 Å². The van der Waals surface area contributed by atoms with Gasteiger partial charge in [0.05, 0.1) is 5.41 Å². The van der Waals surface area contributed by atoms with E-state index < -0.39 is 5.41 Å². The first-order valence-corrected chi connectivity index (χ1v) is 21.2. The summed E-state index contributed by atoms with van der Waals surface area (Å²) in [5.41, 5.74) is 18.6. The molecule has 0 radical (unpaired) electrons. The van der Waals surface area contributed by atoms with Crippen molar-refractivity contribution in [3.8, 4) is 33.4 Å². The van der Waals surface area contributed by atoms with Gasteiger partial charge in [-0.15, -0.1) is 11.3 Å². The van der Waals surface area contributed by atoms with Crippen LogP contribution in [0, 0.1) is 0 Å². The first kappa shape index (κ1) is 34.0. The minimum absolute atomic E-state index is 0.468. The lowest BCUT2D eigenvalue weighted by Crippen LogP contribution is -2.30. The molecule has 3 aliphatic rings. The molecule has 0 amide bonds. The van der Waals surface area contributed by atoms with E-state index in [0.29, 0.717) is 0 Å². The van der Waals surface area contributed by atoms with Crippen molar-refractivity contribution in [1.82, 2.24) is 4.98 Å². The number of fused-ring (bicyclic) bond motifs is 15. The zero-order valence-corrected chi connectivity index (χ0v) is 33.1. The second-order valence-corrected chi connectivity index (χ2v) is 16.8. The van der Waals surface area contributed by atoms with Crippen molar-refractivity contribution in [3.05, 3.63) is 256 Å². The highest BCUT2D eigenvalue weighted by molar-refractivity contribution is 7.26. The molecule has 1 spiro atoms. The molecule has 276 valence electrons. The van der Waals surface area contributed by atoms with Crippen LogP contribution in [0.1, 0.15) is 39.8 Å². The molecule has 0 unspecified atom stereocenters. The molecule has 59 heavy (non-hydrogen) atoms. The quantitative estimate of drug-likeness (QED) is 0.174. The molecule has 2 aromatic heterocycles. The molecule has 0 aliphatic heterocycles. The third-order valence-corrected chi connectivity index (χ3v) is 14.0. The number of pyridine rings is 1. The monoisotopic (exact) mass is 767 g/mol. The maximum absolute atomic E-state index is 4.60. The Labute approximate surface area is 347 Å². The summed E-state index contributed by atoms with van der Waals surface area (Å²) in [6.07, 6.45) is 13.3. The van der Waals surface area contributed by atoms with E-state index in [0.717, 1.165) is 17.6 Å². The Balaban J connectivity index is 1.18. The zero-order chi connectivity index (χ0) is 39.1. The van der Waals surface area contributed by atoms with Crippen molar-refractivity contribution in [2.45, 2.75) is 11.8 Å². The Kier molecular flexibility index (Phi) is 7.60. The third-order valence-electron chi connectivity index (χ3n) is 12.8. The van der Waals surface area contributed by atoms with Crippen LogP contribution in [-0.2, 0) is 5.41 Å². The number of nitrogens with zero attached hydrogens (tertiary/aromatic N) is 1. The SMILES string of the molecule is C=C1/C=C\C=C/C/C(c2ccc3c(c2)C2(c4ccccc4-c4ccccc42)c2ccc4c(sc5cc(-c6ccncc6)ccc54)c2-3)=c2/cccc/c2=C/1c1ccccc1. The van der Waals surface area contributed by atoms with E-state index in [1.165, 1.54) is 103 Å². The van der Waals surface area contributed by atoms with Crippen LogP contribution < -0.4 is 10.4 Å². The Morgan fingerprint density at radius 3 is 2.00 bits per heavy atom. The van der Waals surface area contributed by atoms with Crippen LogP contribution in [0.5, 0.6) is 0 Å². The van der Waals surface area contributed by atoms with Gasteiger partial charge in [-0.25, -0.2) is 0 Å². The van der Waals surface area contributed by atoms with Gasteiger partial charge in [-0.05, 0) is 119 Å². The molecule has 0 saturated carbocycles. The summed E-state index contributed by atoms with van der Waals surface area (Å²) >= 11 is 1.93. The minimum Gasteiger partial charge on any atom is -0.265 e. The maximum Gasteiger partial charge on any atom is 0.0726 e. The van der Waals surface area contributed by atoms with Crippen molar-refractivity contribution >= 4 is 42.7 Å². The summed E-state index contributed by atoms with van der Waals surface area (Å²) in [5, 5.41) is 5.06. The second kappa shape index (κ2) is 13.2. The molecular formula is C57H37NS. The topological polar surface area (TPSA) is 12.9 Å². The van der Waals surface area contributed by atoms with Crippen molar-refractivity contribution in [1.29, 1.82) is 0 Å². The molecule has 2 heterocycles. The van der Waals surface area contributed by atoms with Gasteiger partial charge in [0, 0.05) is 38.1 Å². The molecule has 7 aromatic carbocycles. The molecule has 2 heteroatoms. The van der Waals surface area contributed by atoms with E-state index in [4.69, 9.17) is 0 Å². The molecule has 1 nitrogen and oxygen atoms in total. The standard InChI is InChI=1S/C57H37NS/c1-36-14-4-2-7-17-41(42-18-8-9-21-46(42)54(36)38-15-5-3-6-16-38)40-25-27-48-52(34-40)57(49-22-12-10-19-43(49)44-20-11-13-23-50(44)57)51-29-28-47-45-26-24-39(37-30-32-58-33-31-37)35-53(45)59-56(47)55(48)51/h2-16,18-35H,1,17H2/b7-2-,14-4-,42-41+,54-46+. The fourth-order valence-corrected chi connectivity index (χ4v) is 11.7. The smallest absolute Gasteiger partial charge is 0.0726 e. The van der Waals surface area contributed by atoms with Crippen molar-refractivity contribution in [2.24, 2.45) is 0 Å². The molecule has 0 fully saturated rings. The number of hydrogen-bond acceptors (Lipinski definition) is 2. The van der Waals surface area contributed by atoms with E-state index in [2.05, 4.69) is 200 Å². The molecule has 0 N–H and O–H groups in total. The average Bonchev–Trinajstić information content (AvgIpc) is 3.92. The van der Waals surface area contributed by atoms with Gasteiger partial charge < -0.3 is 0 Å². The van der Waals surface area contributed by atoms with E-state index in [1.54, 1.807) is 0 Å². The Morgan fingerprint density at radius 2 is 1.20 bits per heavy atom. The van der Waals surface area contributed by atoms with Crippen molar-refractivity contribution in [2.75, 3.05) is 0 Å². The number of rotatable bonds is 3. The van der Waals surface area contributed by atoms with Gasteiger partial charge in [0.15, 0.2) is 0 Å². The fraction of sp³-hybridized carbons (Fsp3) is 0.0351. The summed E-state index contributed by atoms with van der Waals surface area (Å²) in [7, 11) is 0. The first-order chi connectivity index (χ1) is 29.2. The fourth-order valence-electron chi connectivity index (χ4n) is 10.4. The number of aromatic nitrogens is 1. The summed E-state index contributed by atoms with van der Waals surface area (Å²) in [6.45, 7) is 4.60. The van der Waals surface area contributed by atoms with Crippen LogP contribution in [0.15, 0.2) is 213 Å². The Hall–Kier alpha value is -7.13. The molecule has 9 aromatic rings. The molecule has 0 saturated heterocycles. The number of hydrogen-bond donors (Lipinski definition) is 0. The zero-order valence-electron chi connectivity index (χ0n) is 32.3. The normalized spacial score (nSPS) is 17.6. The average molecular weight is 768 g/mol. The number of thiophene rings is 1. The van der Waals surface area contributed by atoms with E-state index in [9.17, 15) is 0 Å². The highest BCUT2D eigenvalue weighted by atomic mass is 32.1. The number of allylic oxidation sites excluding steroid dienone is 5. The minimum atomic E-state index is -0.468. The van der Waals surface area contributed by atoms with Gasteiger partial charge in [-0.2, -0.15) is 0 Å². The molecule has 3 aliphatic carbocycles. The molecule has 12 rings (SSSR count). The number of benzene rings is 7. The molecule has 0 atom stereocenters. The van der Waals surface area contributed by atoms with Gasteiger partial charge >= 0.3 is 0 Å². The van der Waals surface area contributed by atoms with Gasteiger partial charge in [0.2, 0.25) is 0 Å². The summed E-state index contributed by atoms with van der Waals surface area (Å²) in [6, 6.07) is 61.2. The van der Waals surface area contributed by atoms with Crippen molar-refractivity contribution < 1.29 is 0 Å². The maximum atomic E-state index is 4.60. The predicted octanol–water partition coefficient (Wildman–Crippen LogP) is 12.9. The van der Waals surface area contributed by atoms with E-state index >= 15 is 0 Å². The second-order valence-electron chi connectivity index (χ2n) is 15.8. The third kappa shape index (κ3) is 4.94. The predicted molar refractivity (Wildman–Crippen MR) is 248 cm³/mol. The highest BCUT2D eigenvalue weighted by Gasteiger charge is 2.52. The Morgan fingerprint density at radius 1 is 0.508 bits per heavy atom. The van der Waals surface area contributed by atoms with Crippen molar-refractivity contribution in [3.63, 3.8) is 0 Å². The van der Waals surface area contributed by atoms with Gasteiger partial charge in [-0.1, -0.05) is 170 Å². The summed E-state index contributed by atoms with van der Waals surface area (Å²) < 4.78 is 2.65. The van der Waals surface area contributed by atoms with Crippen LogP contribution in [0.3, 0.4) is 0 Å². The summed E-state index contributed by atoms with van der Waals surface area (Å²) in [4.78, 5) is 4.27. The molecule has 0 bridgehead atoms. The van der Waals surface area contributed by atoms with E-state index in [-0.39, 0.29) is 0 Å². The van der Waals surface area contributed by atoms with E-state index in [1.807, 2.05) is 23.7 Å². The first-order valence-electron chi connectivity index (χ1n) is 20.4. The molecular weight excluding hydrogens is 731 g/mol. The van der Waals surface area contributed by atoms with Crippen LogP contribution >= 0.6 is 11.3 Å². The lowest BCUT2D eigenvalue weighted by Gasteiger charge is -2.31. The Bertz CT molecular complexity index is 3370. The van der Waals surface area contributed by atoms with Crippen LogP contribution in [0.2, 0.25) is 0 Å². The van der Waals surface area contributed by atoms with Crippen LogP contribution in [0.4, 0.5) is 0 Å². The highest BCUT2D eigenvalue weighted by Crippen LogP contribution is 2.64. The summed E-state index contributed by atoms with van der Waals surface area (Å²) in [5.74, 6) is 0. The largest absolute Gasteiger partial charge is 0.265 e. The van der Waals surface area contributed by atoms with Crippen LogP contribution in [0.25, 0.3) is 64.7 Å². The van der Waals surface area contributed by atoms with Gasteiger partial charge in [0.1, 0.15) is 0 Å². The van der Waals surface area contributed by atoms with Gasteiger partial charge in [-0.3, -0.25) is 4.98 Å². The lowest BCUT2D eigenvalue weighted by atomic mass is 9.70. The lowest BCUT2D eigenvalue weighted by molar-refractivity contribution is 0.794. The van der Waals surface area contributed by atoms with Crippen LogP contribution in [-0.4, -0.2) is 4.98 Å².